The fraction of sp³-hybridized carbons (Fsp3) is 0.417. The Labute approximate surface area is 178 Å². The molecule has 1 saturated carbocycles. The highest BCUT2D eigenvalue weighted by molar-refractivity contribution is 5.97. The molecule has 0 radical (unpaired) electrons. The van der Waals surface area contributed by atoms with Crippen LogP contribution < -0.4 is 20.1 Å². The zero-order valence-corrected chi connectivity index (χ0v) is 18.1. The first-order chi connectivity index (χ1) is 14.4. The van der Waals surface area contributed by atoms with Crippen LogP contribution in [0.5, 0.6) is 11.5 Å². The second kappa shape index (κ2) is 9.65. The highest BCUT2D eigenvalue weighted by Gasteiger charge is 2.32. The van der Waals surface area contributed by atoms with Gasteiger partial charge >= 0.3 is 0 Å². The number of anilines is 2. The maximum Gasteiger partial charge on any atom is 0.227 e. The number of methoxy groups -OCH3 is 2. The van der Waals surface area contributed by atoms with E-state index in [1.807, 2.05) is 50.2 Å². The minimum absolute atomic E-state index is 0.0652. The van der Waals surface area contributed by atoms with Gasteiger partial charge in [0.25, 0.3) is 0 Å². The average molecular weight is 411 g/mol. The Morgan fingerprint density at radius 1 is 0.800 bits per heavy atom. The van der Waals surface area contributed by atoms with Crippen molar-refractivity contribution in [3.05, 3.63) is 47.5 Å². The van der Waals surface area contributed by atoms with E-state index in [2.05, 4.69) is 10.6 Å². The van der Waals surface area contributed by atoms with E-state index in [1.165, 1.54) is 0 Å². The van der Waals surface area contributed by atoms with Crippen LogP contribution in [0.1, 0.15) is 36.8 Å². The second-order valence-electron chi connectivity index (χ2n) is 7.95. The molecule has 0 heterocycles. The number of ether oxygens (including phenoxy) is 2. The number of hydrogen-bond donors (Lipinski definition) is 2. The summed E-state index contributed by atoms with van der Waals surface area (Å²) in [6.07, 6.45) is 2.92. The van der Waals surface area contributed by atoms with Gasteiger partial charge in [0.2, 0.25) is 11.8 Å². The Bertz CT molecular complexity index is 852. The van der Waals surface area contributed by atoms with Crippen LogP contribution in [0.3, 0.4) is 0 Å². The molecule has 6 heteroatoms. The molecule has 30 heavy (non-hydrogen) atoms. The van der Waals surface area contributed by atoms with Crippen LogP contribution in [0, 0.1) is 25.7 Å². The molecule has 0 aliphatic heterocycles. The second-order valence-corrected chi connectivity index (χ2v) is 7.95. The van der Waals surface area contributed by atoms with Crippen LogP contribution in [-0.2, 0) is 9.59 Å². The van der Waals surface area contributed by atoms with E-state index >= 15 is 0 Å². The molecule has 1 aliphatic carbocycles. The maximum atomic E-state index is 12.9. The van der Waals surface area contributed by atoms with Gasteiger partial charge in [-0.2, -0.15) is 0 Å². The smallest absolute Gasteiger partial charge is 0.227 e. The van der Waals surface area contributed by atoms with Gasteiger partial charge in [-0.15, -0.1) is 0 Å². The van der Waals surface area contributed by atoms with Crippen LogP contribution >= 0.6 is 0 Å². The predicted octanol–water partition coefficient (Wildman–Crippen LogP) is 4.70. The summed E-state index contributed by atoms with van der Waals surface area (Å²) >= 11 is 0. The van der Waals surface area contributed by atoms with Gasteiger partial charge in [0, 0.05) is 11.8 Å². The number of carbonyl (C=O) groups excluding carboxylic acids is 2. The summed E-state index contributed by atoms with van der Waals surface area (Å²) in [6.45, 7) is 3.94. The molecular formula is C24H30N2O4. The Morgan fingerprint density at radius 2 is 1.23 bits per heavy atom. The minimum atomic E-state index is -0.209. The molecule has 1 fully saturated rings. The third-order valence-electron chi connectivity index (χ3n) is 5.64. The van der Waals surface area contributed by atoms with E-state index in [0.717, 1.165) is 30.4 Å². The molecule has 3 rings (SSSR count). The van der Waals surface area contributed by atoms with E-state index in [-0.39, 0.29) is 23.7 Å². The SMILES string of the molecule is COc1ccc(C)cc1NC(=O)C1CCCC(C(=O)Nc2cc(C)ccc2OC)C1. The molecule has 2 aromatic carbocycles. The molecule has 2 atom stereocenters. The lowest BCUT2D eigenvalue weighted by Crippen LogP contribution is -2.33. The number of rotatable bonds is 6. The number of carbonyl (C=O) groups is 2. The van der Waals surface area contributed by atoms with Gasteiger partial charge < -0.3 is 20.1 Å². The first-order valence-electron chi connectivity index (χ1n) is 10.3. The van der Waals surface area contributed by atoms with E-state index in [0.29, 0.717) is 29.3 Å². The van der Waals surface area contributed by atoms with Crippen molar-refractivity contribution in [2.75, 3.05) is 24.9 Å². The lowest BCUT2D eigenvalue weighted by atomic mass is 9.80. The summed E-state index contributed by atoms with van der Waals surface area (Å²) in [6, 6.07) is 11.4. The number of benzene rings is 2. The monoisotopic (exact) mass is 410 g/mol. The van der Waals surface area contributed by atoms with E-state index in [9.17, 15) is 9.59 Å². The van der Waals surface area contributed by atoms with Crippen LogP contribution in [0.15, 0.2) is 36.4 Å². The van der Waals surface area contributed by atoms with Gasteiger partial charge in [-0.3, -0.25) is 9.59 Å². The van der Waals surface area contributed by atoms with Crippen molar-refractivity contribution in [2.45, 2.75) is 39.5 Å². The van der Waals surface area contributed by atoms with Gasteiger partial charge in [-0.25, -0.2) is 0 Å². The third-order valence-corrected chi connectivity index (χ3v) is 5.64. The quantitative estimate of drug-likeness (QED) is 0.723. The van der Waals surface area contributed by atoms with Crippen LogP contribution in [0.4, 0.5) is 11.4 Å². The number of amides is 2. The molecule has 6 nitrogen and oxygen atoms in total. The van der Waals surface area contributed by atoms with Crippen molar-refractivity contribution in [3.63, 3.8) is 0 Å². The van der Waals surface area contributed by atoms with Crippen molar-refractivity contribution in [1.29, 1.82) is 0 Å². The van der Waals surface area contributed by atoms with Crippen molar-refractivity contribution in [1.82, 2.24) is 0 Å². The molecule has 2 unspecified atom stereocenters. The van der Waals surface area contributed by atoms with Crippen molar-refractivity contribution in [2.24, 2.45) is 11.8 Å². The summed E-state index contributed by atoms with van der Waals surface area (Å²) in [4.78, 5) is 25.8. The third kappa shape index (κ3) is 5.12. The number of nitrogens with one attached hydrogen (secondary N) is 2. The standard InChI is InChI=1S/C24H30N2O4/c1-15-8-10-21(29-3)19(12-15)25-23(27)17-6-5-7-18(14-17)24(28)26-20-13-16(2)9-11-22(20)30-4/h8-13,17-18H,5-7,14H2,1-4H3,(H,25,27)(H,26,28). The minimum Gasteiger partial charge on any atom is -0.495 e. The molecule has 2 aromatic rings. The summed E-state index contributed by atoms with van der Waals surface area (Å²) in [7, 11) is 3.17. The van der Waals surface area contributed by atoms with E-state index in [4.69, 9.17) is 9.47 Å². The van der Waals surface area contributed by atoms with Crippen LogP contribution in [-0.4, -0.2) is 26.0 Å². The number of hydrogen-bond acceptors (Lipinski definition) is 4. The van der Waals surface area contributed by atoms with Gasteiger partial charge in [0.05, 0.1) is 25.6 Å². The van der Waals surface area contributed by atoms with Gasteiger partial charge in [0.1, 0.15) is 11.5 Å². The fourth-order valence-electron chi connectivity index (χ4n) is 3.97. The molecular weight excluding hydrogens is 380 g/mol. The molecule has 0 aromatic heterocycles. The Hall–Kier alpha value is -3.02. The lowest BCUT2D eigenvalue weighted by Gasteiger charge is -2.28. The van der Waals surface area contributed by atoms with E-state index in [1.54, 1.807) is 14.2 Å². The fourth-order valence-corrected chi connectivity index (χ4v) is 3.97. The normalized spacial score (nSPS) is 18.4. The predicted molar refractivity (Wildman–Crippen MR) is 118 cm³/mol. The summed E-state index contributed by atoms with van der Waals surface area (Å²) in [5, 5.41) is 5.98. The Kier molecular flexibility index (Phi) is 6.98. The molecule has 0 spiro atoms. The van der Waals surface area contributed by atoms with Crippen molar-refractivity contribution < 1.29 is 19.1 Å². The molecule has 160 valence electrons. The Balaban J connectivity index is 1.66. The van der Waals surface area contributed by atoms with Gasteiger partial charge in [-0.05, 0) is 68.5 Å². The zero-order valence-electron chi connectivity index (χ0n) is 18.1. The first kappa shape index (κ1) is 21.7. The zero-order chi connectivity index (χ0) is 21.7. The topological polar surface area (TPSA) is 76.7 Å². The molecule has 0 saturated heterocycles. The van der Waals surface area contributed by atoms with Crippen LogP contribution in [0.25, 0.3) is 0 Å². The molecule has 1 aliphatic rings. The van der Waals surface area contributed by atoms with Gasteiger partial charge in [0.15, 0.2) is 0 Å². The Morgan fingerprint density at radius 3 is 1.63 bits per heavy atom. The molecule has 2 amide bonds. The summed E-state index contributed by atoms with van der Waals surface area (Å²) in [5.41, 5.74) is 3.41. The molecule has 2 N–H and O–H groups in total. The maximum absolute atomic E-state index is 12.9. The van der Waals surface area contributed by atoms with Crippen LogP contribution in [0.2, 0.25) is 0 Å². The highest BCUT2D eigenvalue weighted by Crippen LogP contribution is 2.33. The largest absolute Gasteiger partial charge is 0.495 e. The number of aryl methyl sites for hydroxylation is 2. The summed E-state index contributed by atoms with van der Waals surface area (Å²) < 4.78 is 10.7. The highest BCUT2D eigenvalue weighted by atomic mass is 16.5. The average Bonchev–Trinajstić information content (AvgIpc) is 2.74. The molecule has 0 bridgehead atoms. The van der Waals surface area contributed by atoms with E-state index < -0.39 is 0 Å². The van der Waals surface area contributed by atoms with Gasteiger partial charge in [-0.1, -0.05) is 18.6 Å². The summed E-state index contributed by atoms with van der Waals surface area (Å²) in [5.74, 6) is 0.712. The first-order valence-corrected chi connectivity index (χ1v) is 10.3. The van der Waals surface area contributed by atoms with Crippen molar-refractivity contribution >= 4 is 23.2 Å². The lowest BCUT2D eigenvalue weighted by molar-refractivity contribution is -0.124. The van der Waals surface area contributed by atoms with Crippen molar-refractivity contribution in [3.8, 4) is 11.5 Å².